The Morgan fingerprint density at radius 3 is 2.93 bits per heavy atom. The fourth-order valence-electron chi connectivity index (χ4n) is 2.72. The zero-order valence-electron chi connectivity index (χ0n) is 8.55. The second kappa shape index (κ2) is 3.13. The predicted octanol–water partition coefficient (Wildman–Crippen LogP) is 1.96. The number of nitrogens with two attached hydrogens (primary N) is 1. The number of aromatic nitrogens is 1. The number of rotatable bonds is 2. The molecule has 1 heterocycles. The quantitative estimate of drug-likeness (QED) is 0.735. The molecule has 0 aliphatic heterocycles. The van der Waals surface area contributed by atoms with Crippen LogP contribution < -0.4 is 5.73 Å². The molecule has 1 fully saturated rings. The summed E-state index contributed by atoms with van der Waals surface area (Å²) in [5.41, 5.74) is 10.2. The first-order valence-corrected chi connectivity index (χ1v) is 5.79. The van der Waals surface area contributed by atoms with Crippen LogP contribution in [-0.2, 0) is 12.8 Å². The van der Waals surface area contributed by atoms with Crippen molar-refractivity contribution in [2.24, 2.45) is 11.7 Å². The maximum Gasteiger partial charge on any atom is 0.0187 e. The van der Waals surface area contributed by atoms with Crippen LogP contribution in [0.4, 0.5) is 0 Å². The molecular formula is C12H18N2. The highest BCUT2D eigenvalue weighted by atomic mass is 14.8. The molecule has 2 atom stereocenters. The summed E-state index contributed by atoms with van der Waals surface area (Å²) in [5.74, 6) is 1.51. The Bertz CT molecular complexity index is 317. The van der Waals surface area contributed by atoms with Crippen molar-refractivity contribution in [3.05, 3.63) is 23.0 Å². The maximum atomic E-state index is 5.67. The predicted molar refractivity (Wildman–Crippen MR) is 57.3 cm³/mol. The molecule has 1 aromatic heterocycles. The van der Waals surface area contributed by atoms with Crippen molar-refractivity contribution in [1.82, 2.24) is 4.98 Å². The molecule has 0 saturated heterocycles. The lowest BCUT2D eigenvalue weighted by Gasteiger charge is -2.09. The van der Waals surface area contributed by atoms with Crippen LogP contribution >= 0.6 is 0 Å². The molecule has 76 valence electrons. The van der Waals surface area contributed by atoms with Gasteiger partial charge >= 0.3 is 0 Å². The maximum absolute atomic E-state index is 5.67. The number of aryl methyl sites for hydroxylation is 2. The summed E-state index contributed by atoms with van der Waals surface area (Å²) in [6.45, 7) is 0.856. The Morgan fingerprint density at radius 1 is 1.36 bits per heavy atom. The van der Waals surface area contributed by atoms with E-state index in [1.807, 2.05) is 0 Å². The Hall–Kier alpha value is -0.760. The van der Waals surface area contributed by atoms with Gasteiger partial charge in [-0.15, -0.1) is 0 Å². The van der Waals surface area contributed by atoms with E-state index in [0.29, 0.717) is 0 Å². The number of H-pyrrole nitrogens is 1. The normalized spacial score (nSPS) is 30.1. The van der Waals surface area contributed by atoms with E-state index in [4.69, 9.17) is 5.73 Å². The molecular weight excluding hydrogens is 172 g/mol. The molecule has 0 unspecified atom stereocenters. The Morgan fingerprint density at radius 2 is 2.21 bits per heavy atom. The van der Waals surface area contributed by atoms with Gasteiger partial charge in [-0.25, -0.2) is 0 Å². The van der Waals surface area contributed by atoms with E-state index < -0.39 is 0 Å². The number of fused-ring (bicyclic) bond motifs is 1. The van der Waals surface area contributed by atoms with Gasteiger partial charge in [0.05, 0.1) is 0 Å². The van der Waals surface area contributed by atoms with Crippen molar-refractivity contribution in [3.63, 3.8) is 0 Å². The van der Waals surface area contributed by atoms with Crippen LogP contribution in [0.25, 0.3) is 0 Å². The molecule has 0 amide bonds. The lowest BCUT2D eigenvalue weighted by molar-refractivity contribution is 0.676. The summed E-state index contributed by atoms with van der Waals surface area (Å²) >= 11 is 0. The van der Waals surface area contributed by atoms with Crippen molar-refractivity contribution in [1.29, 1.82) is 0 Å². The minimum Gasteiger partial charge on any atom is -0.362 e. The van der Waals surface area contributed by atoms with Gasteiger partial charge in [0.15, 0.2) is 0 Å². The van der Waals surface area contributed by atoms with E-state index in [9.17, 15) is 0 Å². The van der Waals surface area contributed by atoms with Crippen LogP contribution in [0.3, 0.4) is 0 Å². The summed E-state index contributed by atoms with van der Waals surface area (Å²) in [7, 11) is 0. The van der Waals surface area contributed by atoms with Crippen molar-refractivity contribution in [2.45, 2.75) is 38.0 Å². The van der Waals surface area contributed by atoms with Gasteiger partial charge < -0.3 is 10.7 Å². The minimum absolute atomic E-state index is 0.755. The van der Waals surface area contributed by atoms with Gasteiger partial charge in [0.2, 0.25) is 0 Å². The lowest BCUT2D eigenvalue weighted by atomic mass is 9.98. The zero-order chi connectivity index (χ0) is 9.54. The average molecular weight is 190 g/mol. The Balaban J connectivity index is 1.83. The van der Waals surface area contributed by atoms with Crippen LogP contribution in [0.15, 0.2) is 6.07 Å². The third kappa shape index (κ3) is 1.29. The second-order valence-corrected chi connectivity index (χ2v) is 4.77. The fraction of sp³-hybridized carbons (Fsp3) is 0.667. The van der Waals surface area contributed by atoms with Crippen LogP contribution in [-0.4, -0.2) is 11.5 Å². The first kappa shape index (κ1) is 8.54. The Kier molecular flexibility index (Phi) is 1.91. The topological polar surface area (TPSA) is 41.8 Å². The highest BCUT2D eigenvalue weighted by Crippen LogP contribution is 2.46. The van der Waals surface area contributed by atoms with Gasteiger partial charge in [-0.1, -0.05) is 0 Å². The fourth-order valence-corrected chi connectivity index (χ4v) is 2.72. The van der Waals surface area contributed by atoms with Gasteiger partial charge in [0.1, 0.15) is 0 Å². The zero-order valence-corrected chi connectivity index (χ0v) is 8.55. The van der Waals surface area contributed by atoms with Gasteiger partial charge in [0, 0.05) is 17.3 Å². The first-order valence-electron chi connectivity index (χ1n) is 5.79. The summed E-state index contributed by atoms with van der Waals surface area (Å²) < 4.78 is 0. The molecule has 2 aliphatic rings. The van der Waals surface area contributed by atoms with Gasteiger partial charge in [-0.05, 0) is 56.2 Å². The monoisotopic (exact) mass is 190 g/mol. The van der Waals surface area contributed by atoms with Crippen LogP contribution in [0.2, 0.25) is 0 Å². The number of nitrogens with one attached hydrogen (secondary N) is 1. The SMILES string of the molecule is NC[C@@H]1C[C@H]1c1cc2c([nH]1)CCCC2. The lowest BCUT2D eigenvalue weighted by Crippen LogP contribution is -2.02. The molecule has 3 rings (SSSR count). The van der Waals surface area contributed by atoms with Gasteiger partial charge in [-0.2, -0.15) is 0 Å². The van der Waals surface area contributed by atoms with Crippen molar-refractivity contribution in [2.75, 3.05) is 6.54 Å². The molecule has 2 aliphatic carbocycles. The van der Waals surface area contributed by atoms with Gasteiger partial charge in [-0.3, -0.25) is 0 Å². The summed E-state index contributed by atoms with van der Waals surface area (Å²) in [6.07, 6.45) is 6.57. The minimum atomic E-state index is 0.755. The van der Waals surface area contributed by atoms with E-state index in [-0.39, 0.29) is 0 Å². The number of aromatic amines is 1. The summed E-state index contributed by atoms with van der Waals surface area (Å²) in [5, 5.41) is 0. The summed E-state index contributed by atoms with van der Waals surface area (Å²) in [6, 6.07) is 2.40. The molecule has 1 saturated carbocycles. The molecule has 0 spiro atoms. The van der Waals surface area contributed by atoms with E-state index >= 15 is 0 Å². The van der Waals surface area contributed by atoms with Crippen LogP contribution in [0, 0.1) is 5.92 Å². The van der Waals surface area contributed by atoms with E-state index in [1.54, 1.807) is 5.56 Å². The van der Waals surface area contributed by atoms with Crippen molar-refractivity contribution >= 4 is 0 Å². The number of hydrogen-bond acceptors (Lipinski definition) is 1. The van der Waals surface area contributed by atoms with Crippen molar-refractivity contribution in [3.8, 4) is 0 Å². The number of hydrogen-bond donors (Lipinski definition) is 2. The third-order valence-electron chi connectivity index (χ3n) is 3.76. The highest BCUT2D eigenvalue weighted by Gasteiger charge is 2.38. The molecule has 14 heavy (non-hydrogen) atoms. The van der Waals surface area contributed by atoms with Crippen molar-refractivity contribution < 1.29 is 0 Å². The average Bonchev–Trinajstić information content (AvgIpc) is 2.89. The molecule has 2 nitrogen and oxygen atoms in total. The largest absolute Gasteiger partial charge is 0.362 e. The standard InChI is InChI=1S/C12H18N2/c13-7-9-5-10(9)12-6-8-3-1-2-4-11(8)14-12/h6,9-10,14H,1-5,7,13H2/t9-,10+/m0/s1. The van der Waals surface area contributed by atoms with Gasteiger partial charge in [0.25, 0.3) is 0 Å². The second-order valence-electron chi connectivity index (χ2n) is 4.77. The third-order valence-corrected chi connectivity index (χ3v) is 3.76. The first-order chi connectivity index (χ1) is 6.88. The smallest absolute Gasteiger partial charge is 0.0187 e. The van der Waals surface area contributed by atoms with E-state index in [0.717, 1.165) is 18.4 Å². The highest BCUT2D eigenvalue weighted by molar-refractivity contribution is 5.32. The molecule has 2 heteroatoms. The van der Waals surface area contributed by atoms with Crippen LogP contribution in [0.5, 0.6) is 0 Å². The molecule has 1 aromatic rings. The summed E-state index contributed by atoms with van der Waals surface area (Å²) in [4.78, 5) is 3.60. The molecule has 0 aromatic carbocycles. The molecule has 3 N–H and O–H groups in total. The van der Waals surface area contributed by atoms with Crippen LogP contribution in [0.1, 0.15) is 42.1 Å². The molecule has 0 bridgehead atoms. The van der Waals surface area contributed by atoms with E-state index in [2.05, 4.69) is 11.1 Å². The van der Waals surface area contributed by atoms with E-state index in [1.165, 1.54) is 43.5 Å². The molecule has 0 radical (unpaired) electrons. The Labute approximate surface area is 84.9 Å².